The van der Waals surface area contributed by atoms with Gasteiger partial charge in [-0.25, -0.2) is 0 Å². The van der Waals surface area contributed by atoms with Crippen molar-refractivity contribution in [1.82, 2.24) is 4.90 Å². The van der Waals surface area contributed by atoms with Gasteiger partial charge in [0, 0.05) is 6.42 Å². The third-order valence-electron chi connectivity index (χ3n) is 3.83. The fraction of sp³-hybridized carbons (Fsp3) is 0.562. The molecular formula is C16H23NO3. The average Bonchev–Trinajstić information content (AvgIpc) is 2.43. The molecule has 0 unspecified atom stereocenters. The number of carbonyl (C=O) groups is 1. The van der Waals surface area contributed by atoms with Crippen molar-refractivity contribution in [3.8, 4) is 5.75 Å². The predicted octanol–water partition coefficient (Wildman–Crippen LogP) is 2.00. The Hall–Kier alpha value is -1.55. The molecule has 1 saturated heterocycles. The van der Waals surface area contributed by atoms with Crippen molar-refractivity contribution >= 4 is 5.91 Å². The topological polar surface area (TPSA) is 49.8 Å². The van der Waals surface area contributed by atoms with Crippen LogP contribution in [0.15, 0.2) is 24.3 Å². The van der Waals surface area contributed by atoms with Gasteiger partial charge in [-0.15, -0.1) is 0 Å². The van der Waals surface area contributed by atoms with Crippen LogP contribution in [0, 0.1) is 0 Å². The van der Waals surface area contributed by atoms with Crippen molar-refractivity contribution in [2.45, 2.75) is 38.2 Å². The Labute approximate surface area is 120 Å². The Morgan fingerprint density at radius 2 is 2.00 bits per heavy atom. The number of β-amino-alcohol motifs (C(OH)–C–C–N with tert-alkyl or cyclic N) is 1. The second-order valence-electron chi connectivity index (χ2n) is 5.57. The molecule has 2 rings (SSSR count). The first-order chi connectivity index (χ1) is 9.56. The van der Waals surface area contributed by atoms with Crippen LogP contribution in [0.25, 0.3) is 0 Å². The highest BCUT2D eigenvalue weighted by atomic mass is 16.5. The van der Waals surface area contributed by atoms with E-state index in [1.54, 1.807) is 12.0 Å². The molecule has 1 amide bonds. The normalized spacial score (nSPS) is 16.6. The van der Waals surface area contributed by atoms with Crippen molar-refractivity contribution in [3.05, 3.63) is 29.8 Å². The van der Waals surface area contributed by atoms with E-state index >= 15 is 0 Å². The lowest BCUT2D eigenvalue weighted by Gasteiger charge is -2.46. The highest BCUT2D eigenvalue weighted by Gasteiger charge is 2.42. The molecular weight excluding hydrogens is 254 g/mol. The molecule has 110 valence electrons. The molecule has 1 aromatic rings. The number of carbonyl (C=O) groups excluding carboxylic acids is 1. The zero-order chi connectivity index (χ0) is 14.6. The molecule has 0 bridgehead atoms. The van der Waals surface area contributed by atoms with Gasteiger partial charge in [0.25, 0.3) is 0 Å². The number of hydrogen-bond acceptors (Lipinski definition) is 3. The summed E-state index contributed by atoms with van der Waals surface area (Å²) in [5.74, 6) is 0.953. The van der Waals surface area contributed by atoms with Crippen LogP contribution in [0.3, 0.4) is 0 Å². The first-order valence-electron chi connectivity index (χ1n) is 7.19. The quantitative estimate of drug-likeness (QED) is 0.865. The molecule has 1 aliphatic rings. The molecule has 1 fully saturated rings. The largest absolute Gasteiger partial charge is 0.497 e. The molecule has 1 N–H and O–H groups in total. The first kappa shape index (κ1) is 14.9. The van der Waals surface area contributed by atoms with Crippen LogP contribution in [0.4, 0.5) is 0 Å². The number of amides is 1. The maximum atomic E-state index is 12.0. The van der Waals surface area contributed by atoms with E-state index in [2.05, 4.69) is 0 Å². The van der Waals surface area contributed by atoms with Gasteiger partial charge in [0.2, 0.25) is 5.91 Å². The number of aryl methyl sites for hydroxylation is 1. The van der Waals surface area contributed by atoms with Gasteiger partial charge in [-0.2, -0.15) is 0 Å². The van der Waals surface area contributed by atoms with Crippen LogP contribution in [0.5, 0.6) is 5.75 Å². The molecule has 1 aliphatic heterocycles. The molecule has 20 heavy (non-hydrogen) atoms. The third-order valence-corrected chi connectivity index (χ3v) is 3.83. The summed E-state index contributed by atoms with van der Waals surface area (Å²) in [7, 11) is 1.64. The maximum Gasteiger partial charge on any atom is 0.223 e. The molecule has 0 spiro atoms. The lowest BCUT2D eigenvalue weighted by atomic mass is 9.89. The van der Waals surface area contributed by atoms with Crippen LogP contribution in [0.2, 0.25) is 0 Å². The SMILES string of the molecule is CCCC1(O)CN(C(=O)CCc2ccc(OC)cc2)C1. The van der Waals surface area contributed by atoms with E-state index in [0.29, 0.717) is 19.5 Å². The number of rotatable bonds is 6. The summed E-state index contributed by atoms with van der Waals surface area (Å²) in [6.07, 6.45) is 2.94. The number of benzene rings is 1. The predicted molar refractivity (Wildman–Crippen MR) is 77.8 cm³/mol. The average molecular weight is 277 g/mol. The number of likely N-dealkylation sites (tertiary alicyclic amines) is 1. The number of hydrogen-bond donors (Lipinski definition) is 1. The minimum absolute atomic E-state index is 0.126. The Balaban J connectivity index is 1.76. The number of methoxy groups -OCH3 is 1. The first-order valence-corrected chi connectivity index (χ1v) is 7.19. The van der Waals surface area contributed by atoms with Crippen LogP contribution >= 0.6 is 0 Å². The van der Waals surface area contributed by atoms with Crippen molar-refractivity contribution < 1.29 is 14.6 Å². The van der Waals surface area contributed by atoms with Gasteiger partial charge in [0.15, 0.2) is 0 Å². The van der Waals surface area contributed by atoms with Crippen LogP contribution < -0.4 is 4.74 Å². The van der Waals surface area contributed by atoms with E-state index in [1.165, 1.54) is 0 Å². The summed E-state index contributed by atoms with van der Waals surface area (Å²) in [5, 5.41) is 10.1. The number of ether oxygens (including phenoxy) is 1. The zero-order valence-electron chi connectivity index (χ0n) is 12.3. The third kappa shape index (κ3) is 3.51. The second kappa shape index (κ2) is 6.27. The van der Waals surface area contributed by atoms with E-state index in [4.69, 9.17) is 4.74 Å². The zero-order valence-corrected chi connectivity index (χ0v) is 12.3. The van der Waals surface area contributed by atoms with Crippen molar-refractivity contribution in [2.75, 3.05) is 20.2 Å². The maximum absolute atomic E-state index is 12.0. The Kier molecular flexibility index (Phi) is 4.65. The summed E-state index contributed by atoms with van der Waals surface area (Å²) in [6.45, 7) is 3.02. The molecule has 1 aromatic carbocycles. The van der Waals surface area contributed by atoms with E-state index in [0.717, 1.165) is 30.6 Å². The van der Waals surface area contributed by atoms with Crippen molar-refractivity contribution in [1.29, 1.82) is 0 Å². The van der Waals surface area contributed by atoms with E-state index < -0.39 is 5.60 Å². The highest BCUT2D eigenvalue weighted by Crippen LogP contribution is 2.26. The fourth-order valence-electron chi connectivity index (χ4n) is 2.67. The van der Waals surface area contributed by atoms with Gasteiger partial charge in [0.1, 0.15) is 5.75 Å². The molecule has 0 saturated carbocycles. The van der Waals surface area contributed by atoms with E-state index in [-0.39, 0.29) is 5.91 Å². The summed E-state index contributed by atoms with van der Waals surface area (Å²) >= 11 is 0. The van der Waals surface area contributed by atoms with Gasteiger partial charge < -0.3 is 14.7 Å². The summed E-state index contributed by atoms with van der Waals surface area (Å²) in [6, 6.07) is 7.78. The van der Waals surface area contributed by atoms with Crippen molar-refractivity contribution in [2.24, 2.45) is 0 Å². The van der Waals surface area contributed by atoms with Gasteiger partial charge in [-0.1, -0.05) is 25.5 Å². The van der Waals surface area contributed by atoms with Gasteiger partial charge in [-0.3, -0.25) is 4.79 Å². The van der Waals surface area contributed by atoms with Crippen LogP contribution in [-0.4, -0.2) is 41.7 Å². The van der Waals surface area contributed by atoms with Crippen molar-refractivity contribution in [3.63, 3.8) is 0 Å². The summed E-state index contributed by atoms with van der Waals surface area (Å²) in [4.78, 5) is 13.8. The number of aliphatic hydroxyl groups is 1. The second-order valence-corrected chi connectivity index (χ2v) is 5.57. The van der Waals surface area contributed by atoms with Crippen LogP contribution in [0.1, 0.15) is 31.7 Å². The molecule has 4 nitrogen and oxygen atoms in total. The Morgan fingerprint density at radius 3 is 2.55 bits per heavy atom. The monoisotopic (exact) mass is 277 g/mol. The lowest BCUT2D eigenvalue weighted by Crippen LogP contribution is -2.63. The minimum atomic E-state index is -0.634. The van der Waals surface area contributed by atoms with Crippen LogP contribution in [-0.2, 0) is 11.2 Å². The van der Waals surface area contributed by atoms with Gasteiger partial charge >= 0.3 is 0 Å². The highest BCUT2D eigenvalue weighted by molar-refractivity contribution is 5.77. The van der Waals surface area contributed by atoms with Gasteiger partial charge in [-0.05, 0) is 30.5 Å². The van der Waals surface area contributed by atoms with Gasteiger partial charge in [0.05, 0.1) is 25.8 Å². The molecule has 0 radical (unpaired) electrons. The molecule has 0 aliphatic carbocycles. The molecule has 1 heterocycles. The molecule has 0 atom stereocenters. The van der Waals surface area contributed by atoms with E-state index in [1.807, 2.05) is 31.2 Å². The van der Waals surface area contributed by atoms with E-state index in [9.17, 15) is 9.90 Å². The Bertz CT molecular complexity index is 449. The molecule has 4 heteroatoms. The fourth-order valence-corrected chi connectivity index (χ4v) is 2.67. The summed E-state index contributed by atoms with van der Waals surface area (Å²) < 4.78 is 5.10. The standard InChI is InChI=1S/C16H23NO3/c1-3-10-16(19)11-17(12-16)15(18)9-6-13-4-7-14(20-2)8-5-13/h4-5,7-8,19H,3,6,9-12H2,1-2H3. The number of nitrogens with zero attached hydrogens (tertiary/aromatic N) is 1. The Morgan fingerprint density at radius 1 is 1.35 bits per heavy atom. The molecule has 0 aromatic heterocycles. The lowest BCUT2D eigenvalue weighted by molar-refractivity contribution is -0.156. The smallest absolute Gasteiger partial charge is 0.223 e. The minimum Gasteiger partial charge on any atom is -0.497 e. The summed E-state index contributed by atoms with van der Waals surface area (Å²) in [5.41, 5.74) is 0.494.